The molecule has 0 fully saturated rings. The van der Waals surface area contributed by atoms with Crippen molar-refractivity contribution >= 4 is 16.8 Å². The Balaban J connectivity index is 0.00000121. The fourth-order valence-electron chi connectivity index (χ4n) is 0.889. The normalized spacial score (nSPS) is 8.83. The van der Waals surface area contributed by atoms with E-state index >= 15 is 0 Å². The van der Waals surface area contributed by atoms with Crippen LogP contribution >= 0.6 is 11.8 Å². The van der Waals surface area contributed by atoms with Crippen molar-refractivity contribution in [3.63, 3.8) is 0 Å². The van der Waals surface area contributed by atoms with Gasteiger partial charge in [-0.05, 0) is 6.26 Å². The Morgan fingerprint density at radius 2 is 2.25 bits per heavy atom. The van der Waals surface area contributed by atoms with Crippen LogP contribution in [0.4, 0.5) is 0 Å². The van der Waals surface area contributed by atoms with Gasteiger partial charge in [0.1, 0.15) is 0 Å². The van der Waals surface area contributed by atoms with Gasteiger partial charge in [0.05, 0.1) is 0 Å². The standard InChI is InChI=1S/C9H10NS.Y/c1-7-5-3-4-6-8(7)9(10)11-2;/h3-5,10H,1-2H3;/q-1;/p+1. The predicted molar refractivity (Wildman–Crippen MR) is 49.6 cm³/mol. The largest absolute Gasteiger partial charge is 0.289 e. The van der Waals surface area contributed by atoms with Crippen LogP contribution in [0.3, 0.4) is 0 Å². The topological polar surface area (TPSA) is 25.6 Å². The van der Waals surface area contributed by atoms with Crippen molar-refractivity contribution in [1.82, 2.24) is 0 Å². The summed E-state index contributed by atoms with van der Waals surface area (Å²) in [6.45, 7) is 2.04. The van der Waals surface area contributed by atoms with Crippen molar-refractivity contribution < 1.29 is 38.1 Å². The van der Waals surface area contributed by atoms with Gasteiger partial charge < -0.3 is 0 Å². The molecule has 0 heterocycles. The molecule has 61 valence electrons. The van der Waals surface area contributed by atoms with E-state index in [0.29, 0.717) is 0 Å². The molecule has 1 nitrogen and oxygen atoms in total. The molecule has 1 aromatic carbocycles. The van der Waals surface area contributed by atoms with Crippen LogP contribution in [0, 0.1) is 13.0 Å². The van der Waals surface area contributed by atoms with Crippen LogP contribution in [0.2, 0.25) is 0 Å². The van der Waals surface area contributed by atoms with Crippen LogP contribution in [0.1, 0.15) is 11.1 Å². The molecule has 12 heavy (non-hydrogen) atoms. The van der Waals surface area contributed by atoms with E-state index in [1.807, 2.05) is 31.4 Å². The van der Waals surface area contributed by atoms with E-state index in [0.717, 1.165) is 10.6 Å². The summed E-state index contributed by atoms with van der Waals surface area (Å²) in [5.41, 5.74) is 2.21. The van der Waals surface area contributed by atoms with Gasteiger partial charge in [-0.15, -0.1) is 41.6 Å². The molecule has 0 bridgehead atoms. The summed E-state index contributed by atoms with van der Waals surface area (Å²) in [5, 5.41) is 6.58. The smallest absolute Gasteiger partial charge is 0.158 e. The van der Waals surface area contributed by atoms with Gasteiger partial charge in [0.2, 0.25) is 0 Å². The minimum atomic E-state index is 0. The Labute approximate surface area is 103 Å². The Morgan fingerprint density at radius 1 is 1.58 bits per heavy atom. The second kappa shape index (κ2) is 5.90. The van der Waals surface area contributed by atoms with Crippen LogP contribution in [0.5, 0.6) is 0 Å². The maximum Gasteiger partial charge on any atom is 0.158 e. The molecule has 0 unspecified atom stereocenters. The van der Waals surface area contributed by atoms with Crippen LogP contribution < -0.4 is 5.41 Å². The minimum absolute atomic E-state index is 0. The molecule has 1 rings (SSSR count). The van der Waals surface area contributed by atoms with Crippen molar-refractivity contribution in [2.45, 2.75) is 6.92 Å². The van der Waals surface area contributed by atoms with E-state index in [-0.39, 0.29) is 32.7 Å². The molecule has 0 spiro atoms. The van der Waals surface area contributed by atoms with Crippen LogP contribution in [-0.2, 0) is 32.7 Å². The Hall–Kier alpha value is 0.344. The Bertz CT molecular complexity index is 273. The van der Waals surface area contributed by atoms with Gasteiger partial charge in [0.25, 0.3) is 0 Å². The summed E-state index contributed by atoms with van der Waals surface area (Å²) in [6.07, 6.45) is 1.97. The molecule has 0 saturated carbocycles. The first-order valence-corrected chi connectivity index (χ1v) is 4.62. The molecule has 0 saturated heterocycles. The molecule has 0 aromatic heterocycles. The van der Waals surface area contributed by atoms with Crippen LogP contribution in [0.15, 0.2) is 18.2 Å². The maximum atomic E-state index is 5.74. The van der Waals surface area contributed by atoms with E-state index in [1.165, 1.54) is 5.56 Å². The van der Waals surface area contributed by atoms with Crippen molar-refractivity contribution in [3.05, 3.63) is 35.4 Å². The van der Waals surface area contributed by atoms with Crippen molar-refractivity contribution in [3.8, 4) is 0 Å². The summed E-state index contributed by atoms with van der Waals surface area (Å²) in [6, 6.07) is 8.99. The maximum absolute atomic E-state index is 5.74. The van der Waals surface area contributed by atoms with Gasteiger partial charge >= 0.3 is 0 Å². The first-order chi connectivity index (χ1) is 5.25. The number of rotatable bonds is 1. The summed E-state index contributed by atoms with van der Waals surface area (Å²) < 4.78 is 0. The summed E-state index contributed by atoms with van der Waals surface area (Å²) in [7, 11) is 0. The summed E-state index contributed by atoms with van der Waals surface area (Å²) in [5.74, 6) is 0. The van der Waals surface area contributed by atoms with Gasteiger partial charge in [0.15, 0.2) is 5.04 Å². The predicted octanol–water partition coefficient (Wildman–Crippen LogP) is 0.661. The second-order valence-electron chi connectivity index (χ2n) is 2.30. The average molecular weight is 254 g/mol. The zero-order chi connectivity index (χ0) is 8.27. The Kier molecular flexibility index (Phi) is 6.07. The van der Waals surface area contributed by atoms with Gasteiger partial charge in [0, 0.05) is 32.7 Å². The molecule has 2 N–H and O–H groups in total. The van der Waals surface area contributed by atoms with E-state index in [2.05, 4.69) is 6.07 Å². The number of hydrogen-bond acceptors (Lipinski definition) is 1. The average Bonchev–Trinajstić information content (AvgIpc) is 2.04. The third kappa shape index (κ3) is 3.00. The number of benzene rings is 1. The molecule has 0 aliphatic heterocycles. The van der Waals surface area contributed by atoms with Gasteiger partial charge in [-0.3, -0.25) is 5.41 Å². The van der Waals surface area contributed by atoms with Crippen LogP contribution in [0.25, 0.3) is 0 Å². The van der Waals surface area contributed by atoms with E-state index in [4.69, 9.17) is 5.41 Å². The van der Waals surface area contributed by atoms with Gasteiger partial charge in [-0.2, -0.15) is 0 Å². The monoisotopic (exact) mass is 254 g/mol. The molecule has 0 atom stereocenters. The van der Waals surface area contributed by atoms with Crippen LogP contribution in [-0.4, -0.2) is 11.3 Å². The molecule has 0 amide bonds. The molecular formula is C9H11NSY. The second-order valence-corrected chi connectivity index (χ2v) is 3.14. The molecular weight excluding hydrogens is 243 g/mol. The SMILES string of the molecule is CSC(=[NH2+])c1[c-]cccc1C.[Y]. The Morgan fingerprint density at radius 3 is 2.75 bits per heavy atom. The quantitative estimate of drug-likeness (QED) is 0.444. The number of thioether (sulfide) groups is 1. The van der Waals surface area contributed by atoms with Crippen molar-refractivity contribution in [1.29, 1.82) is 0 Å². The number of hydrogen-bond donors (Lipinski definition) is 1. The third-order valence-electron chi connectivity index (χ3n) is 1.53. The van der Waals surface area contributed by atoms with Gasteiger partial charge in [-0.25, -0.2) is 0 Å². The van der Waals surface area contributed by atoms with E-state index in [1.54, 1.807) is 11.8 Å². The van der Waals surface area contributed by atoms with Gasteiger partial charge in [-0.1, -0.05) is 12.5 Å². The first-order valence-electron chi connectivity index (χ1n) is 3.40. The van der Waals surface area contributed by atoms with E-state index in [9.17, 15) is 0 Å². The fourth-order valence-corrected chi connectivity index (χ4v) is 1.31. The van der Waals surface area contributed by atoms with Crippen molar-refractivity contribution in [2.24, 2.45) is 0 Å². The molecule has 1 aromatic rings. The third-order valence-corrected chi connectivity index (χ3v) is 2.17. The minimum Gasteiger partial charge on any atom is -0.289 e. The summed E-state index contributed by atoms with van der Waals surface area (Å²) in [4.78, 5) is 0. The zero-order valence-corrected chi connectivity index (χ0v) is 10.9. The molecule has 0 aliphatic rings. The van der Waals surface area contributed by atoms with E-state index < -0.39 is 0 Å². The fraction of sp³-hybridized carbons (Fsp3) is 0.222. The molecule has 1 radical (unpaired) electrons. The number of nitrogens with two attached hydrogens (primary N) is 1. The van der Waals surface area contributed by atoms with Crippen molar-refractivity contribution in [2.75, 3.05) is 6.26 Å². The molecule has 3 heteroatoms. The molecule has 0 aliphatic carbocycles. The zero-order valence-electron chi connectivity index (χ0n) is 7.29. The number of aryl methyl sites for hydroxylation is 1. The summed E-state index contributed by atoms with van der Waals surface area (Å²) >= 11 is 1.56. The first kappa shape index (κ1) is 12.3.